The maximum absolute atomic E-state index is 11.2. The molecule has 3 nitrogen and oxygen atoms in total. The maximum atomic E-state index is 11.2. The lowest BCUT2D eigenvalue weighted by atomic mass is 9.97. The van der Waals surface area contributed by atoms with Gasteiger partial charge in [-0.3, -0.25) is 0 Å². The number of rotatable bonds is 5. The molecule has 0 heterocycles. The van der Waals surface area contributed by atoms with Crippen molar-refractivity contribution in [1.82, 2.24) is 0 Å². The van der Waals surface area contributed by atoms with E-state index in [1.165, 1.54) is 31.3 Å². The van der Waals surface area contributed by atoms with E-state index in [9.17, 15) is 4.79 Å². The molecule has 1 aromatic carbocycles. The Labute approximate surface area is 121 Å². The Kier molecular flexibility index (Phi) is 5.02. The summed E-state index contributed by atoms with van der Waals surface area (Å²) in [6.07, 6.45) is 8.28. The van der Waals surface area contributed by atoms with Crippen LogP contribution in [0.2, 0.25) is 0 Å². The molecule has 0 fully saturated rings. The van der Waals surface area contributed by atoms with E-state index in [4.69, 9.17) is 5.11 Å². The first-order valence-corrected chi connectivity index (χ1v) is 7.41. The predicted octanol–water partition coefficient (Wildman–Crippen LogP) is 4.45. The molecular formula is C15H18BrNO2. The Hall–Kier alpha value is -1.29. The summed E-state index contributed by atoms with van der Waals surface area (Å²) >= 11 is 3.30. The fourth-order valence-electron chi connectivity index (χ4n) is 2.34. The van der Waals surface area contributed by atoms with E-state index >= 15 is 0 Å². The summed E-state index contributed by atoms with van der Waals surface area (Å²) in [7, 11) is 0. The normalized spacial score (nSPS) is 14.9. The van der Waals surface area contributed by atoms with Gasteiger partial charge in [0.1, 0.15) is 0 Å². The van der Waals surface area contributed by atoms with Crippen LogP contribution in [-0.2, 0) is 0 Å². The van der Waals surface area contributed by atoms with Crippen molar-refractivity contribution in [3.8, 4) is 0 Å². The molecule has 0 atom stereocenters. The molecular weight excluding hydrogens is 306 g/mol. The largest absolute Gasteiger partial charge is 0.478 e. The second-order valence-electron chi connectivity index (χ2n) is 4.78. The molecule has 0 bridgehead atoms. The zero-order chi connectivity index (χ0) is 13.7. The molecule has 4 heteroatoms. The van der Waals surface area contributed by atoms with Crippen LogP contribution in [0.4, 0.5) is 5.69 Å². The summed E-state index contributed by atoms with van der Waals surface area (Å²) in [4.78, 5) is 11.2. The van der Waals surface area contributed by atoms with Crippen LogP contribution < -0.4 is 5.32 Å². The number of carboxylic acids is 1. The van der Waals surface area contributed by atoms with Gasteiger partial charge < -0.3 is 10.4 Å². The first-order valence-electron chi connectivity index (χ1n) is 6.61. The van der Waals surface area contributed by atoms with E-state index in [1.807, 2.05) is 12.1 Å². The summed E-state index contributed by atoms with van der Waals surface area (Å²) in [5.41, 5.74) is 2.49. The third kappa shape index (κ3) is 4.10. The summed E-state index contributed by atoms with van der Waals surface area (Å²) in [5.74, 6) is -0.902. The van der Waals surface area contributed by atoms with Gasteiger partial charge in [0, 0.05) is 16.7 Å². The molecule has 102 valence electrons. The Morgan fingerprint density at radius 3 is 2.89 bits per heavy atom. The molecule has 1 aliphatic rings. The van der Waals surface area contributed by atoms with Gasteiger partial charge >= 0.3 is 5.97 Å². The van der Waals surface area contributed by atoms with Crippen molar-refractivity contribution in [1.29, 1.82) is 0 Å². The van der Waals surface area contributed by atoms with Gasteiger partial charge in [0.15, 0.2) is 0 Å². The van der Waals surface area contributed by atoms with E-state index in [1.54, 1.807) is 6.07 Å². The minimum Gasteiger partial charge on any atom is -0.478 e. The lowest BCUT2D eigenvalue weighted by Gasteiger charge is -2.14. The van der Waals surface area contributed by atoms with Gasteiger partial charge in [0.2, 0.25) is 0 Å². The van der Waals surface area contributed by atoms with Crippen molar-refractivity contribution >= 4 is 27.6 Å². The Morgan fingerprint density at radius 1 is 1.37 bits per heavy atom. The highest BCUT2D eigenvalue weighted by Gasteiger charge is 2.10. The van der Waals surface area contributed by atoms with E-state index in [2.05, 4.69) is 27.3 Å². The van der Waals surface area contributed by atoms with E-state index in [0.717, 1.165) is 17.4 Å². The average Bonchev–Trinajstić information content (AvgIpc) is 2.41. The minimum atomic E-state index is -0.902. The van der Waals surface area contributed by atoms with E-state index in [-0.39, 0.29) is 0 Å². The Morgan fingerprint density at radius 2 is 2.21 bits per heavy atom. The molecule has 0 radical (unpaired) electrons. The molecule has 0 amide bonds. The van der Waals surface area contributed by atoms with Gasteiger partial charge in [-0.25, -0.2) is 4.79 Å². The predicted molar refractivity (Wildman–Crippen MR) is 80.8 cm³/mol. The molecule has 2 N–H and O–H groups in total. The maximum Gasteiger partial charge on any atom is 0.337 e. The SMILES string of the molecule is O=C(O)c1cc(Br)ccc1NCCC1=CCCCC1. The highest BCUT2D eigenvalue weighted by Crippen LogP contribution is 2.23. The molecule has 0 saturated carbocycles. The zero-order valence-electron chi connectivity index (χ0n) is 10.8. The topological polar surface area (TPSA) is 49.3 Å². The van der Waals surface area contributed by atoms with Crippen molar-refractivity contribution < 1.29 is 9.90 Å². The Bertz CT molecular complexity index is 497. The van der Waals surface area contributed by atoms with Gasteiger partial charge in [-0.2, -0.15) is 0 Å². The molecule has 0 aromatic heterocycles. The zero-order valence-corrected chi connectivity index (χ0v) is 12.4. The average molecular weight is 324 g/mol. The highest BCUT2D eigenvalue weighted by atomic mass is 79.9. The number of nitrogens with one attached hydrogen (secondary N) is 1. The summed E-state index contributed by atoms with van der Waals surface area (Å²) in [6, 6.07) is 5.29. The molecule has 2 rings (SSSR count). The number of carboxylic acid groups (broad SMARTS) is 1. The smallest absolute Gasteiger partial charge is 0.337 e. The van der Waals surface area contributed by atoms with Gasteiger partial charge in [-0.1, -0.05) is 27.6 Å². The molecule has 0 aliphatic heterocycles. The Balaban J connectivity index is 1.95. The van der Waals surface area contributed by atoms with E-state index in [0.29, 0.717) is 11.3 Å². The van der Waals surface area contributed by atoms with E-state index < -0.39 is 5.97 Å². The van der Waals surface area contributed by atoms with Crippen LogP contribution in [0.25, 0.3) is 0 Å². The highest BCUT2D eigenvalue weighted by molar-refractivity contribution is 9.10. The van der Waals surface area contributed by atoms with Crippen LogP contribution in [0, 0.1) is 0 Å². The van der Waals surface area contributed by atoms with Crippen molar-refractivity contribution in [3.63, 3.8) is 0 Å². The first-order chi connectivity index (χ1) is 9.16. The number of anilines is 1. The van der Waals surface area contributed by atoms with Crippen molar-refractivity contribution in [2.24, 2.45) is 0 Å². The second kappa shape index (κ2) is 6.75. The quantitative estimate of drug-likeness (QED) is 0.787. The van der Waals surface area contributed by atoms with Crippen molar-refractivity contribution in [3.05, 3.63) is 39.9 Å². The molecule has 19 heavy (non-hydrogen) atoms. The van der Waals surface area contributed by atoms with Crippen LogP contribution in [0.3, 0.4) is 0 Å². The lowest BCUT2D eigenvalue weighted by Crippen LogP contribution is -2.09. The number of carbonyl (C=O) groups is 1. The number of hydrogen-bond acceptors (Lipinski definition) is 2. The lowest BCUT2D eigenvalue weighted by molar-refractivity contribution is 0.0698. The molecule has 1 aliphatic carbocycles. The van der Waals surface area contributed by atoms with Crippen LogP contribution in [-0.4, -0.2) is 17.6 Å². The van der Waals surface area contributed by atoms with Crippen molar-refractivity contribution in [2.45, 2.75) is 32.1 Å². The van der Waals surface area contributed by atoms with Gasteiger partial charge in [0.25, 0.3) is 0 Å². The number of halogens is 1. The standard InChI is InChI=1S/C15H18BrNO2/c16-12-6-7-14(13(10-12)15(18)19)17-9-8-11-4-2-1-3-5-11/h4,6-7,10,17H,1-3,5,8-9H2,(H,18,19). The summed E-state index contributed by atoms with van der Waals surface area (Å²) in [5, 5.41) is 12.4. The first kappa shape index (κ1) is 14.1. The summed E-state index contributed by atoms with van der Waals surface area (Å²) in [6.45, 7) is 0.785. The van der Waals surface area contributed by atoms with Crippen LogP contribution in [0.1, 0.15) is 42.5 Å². The van der Waals surface area contributed by atoms with Crippen LogP contribution in [0.15, 0.2) is 34.3 Å². The van der Waals surface area contributed by atoms with Gasteiger partial charge in [-0.05, 0) is 50.3 Å². The molecule has 0 saturated heterocycles. The minimum absolute atomic E-state index is 0.312. The fraction of sp³-hybridized carbons (Fsp3) is 0.400. The third-order valence-electron chi connectivity index (χ3n) is 3.36. The summed E-state index contributed by atoms with van der Waals surface area (Å²) < 4.78 is 0.783. The van der Waals surface area contributed by atoms with Crippen LogP contribution >= 0.6 is 15.9 Å². The molecule has 1 aromatic rings. The van der Waals surface area contributed by atoms with Crippen LogP contribution in [0.5, 0.6) is 0 Å². The number of hydrogen-bond donors (Lipinski definition) is 2. The van der Waals surface area contributed by atoms with Gasteiger partial charge in [-0.15, -0.1) is 0 Å². The monoisotopic (exact) mass is 323 g/mol. The molecule has 0 unspecified atom stereocenters. The number of benzene rings is 1. The second-order valence-corrected chi connectivity index (χ2v) is 5.70. The third-order valence-corrected chi connectivity index (χ3v) is 3.85. The van der Waals surface area contributed by atoms with Gasteiger partial charge in [0.05, 0.1) is 5.56 Å². The number of aromatic carboxylic acids is 1. The number of allylic oxidation sites excluding steroid dienone is 1. The molecule has 0 spiro atoms. The fourth-order valence-corrected chi connectivity index (χ4v) is 2.70. The van der Waals surface area contributed by atoms with Crippen molar-refractivity contribution in [2.75, 3.05) is 11.9 Å².